The van der Waals surface area contributed by atoms with E-state index in [4.69, 9.17) is 10.4 Å². The van der Waals surface area contributed by atoms with E-state index in [1.807, 2.05) is 0 Å². The zero-order chi connectivity index (χ0) is 15.4. The molecule has 0 unspecified atom stereocenters. The summed E-state index contributed by atoms with van der Waals surface area (Å²) in [4.78, 5) is 25.7. The molecule has 2 heterocycles. The first kappa shape index (κ1) is 14.5. The molecule has 1 aliphatic carbocycles. The van der Waals surface area contributed by atoms with Crippen LogP contribution in [0.25, 0.3) is 0 Å². The van der Waals surface area contributed by atoms with Crippen LogP contribution < -0.4 is 5.84 Å². The van der Waals surface area contributed by atoms with Gasteiger partial charge in [-0.1, -0.05) is 0 Å². The van der Waals surface area contributed by atoms with Crippen molar-refractivity contribution in [2.24, 2.45) is 5.84 Å². The van der Waals surface area contributed by atoms with Crippen LogP contribution in [-0.2, 0) is 19.5 Å². The summed E-state index contributed by atoms with van der Waals surface area (Å²) in [5.74, 6) is 5.38. The lowest BCUT2D eigenvalue weighted by molar-refractivity contribution is -0.137. The molecule has 11 heteroatoms. The van der Waals surface area contributed by atoms with Gasteiger partial charge < -0.3 is 4.90 Å². The number of hydrogen-bond acceptors (Lipinski definition) is 6. The third-order valence-electron chi connectivity index (χ3n) is 3.98. The number of fused-ring (bicyclic) bond motifs is 2. The molecule has 3 amide bonds. The number of amides is 3. The van der Waals surface area contributed by atoms with Crippen LogP contribution in [0.4, 0.5) is 4.79 Å². The molecule has 0 spiro atoms. The van der Waals surface area contributed by atoms with Crippen molar-refractivity contribution in [2.75, 3.05) is 6.54 Å². The summed E-state index contributed by atoms with van der Waals surface area (Å²) >= 11 is 0. The zero-order valence-corrected chi connectivity index (χ0v) is 11.9. The molecule has 0 aromatic heterocycles. The minimum Gasteiger partial charge on any atom is -0.309 e. The van der Waals surface area contributed by atoms with Crippen molar-refractivity contribution in [1.82, 2.24) is 15.0 Å². The fourth-order valence-corrected chi connectivity index (χ4v) is 3.18. The Balaban J connectivity index is 1.74. The summed E-state index contributed by atoms with van der Waals surface area (Å²) in [6.45, 7) is 0.170. The van der Waals surface area contributed by atoms with Crippen LogP contribution in [0.3, 0.4) is 0 Å². The highest BCUT2D eigenvalue weighted by Gasteiger charge is 2.50. The first-order valence-electron chi connectivity index (χ1n) is 6.62. The van der Waals surface area contributed by atoms with E-state index in [9.17, 15) is 18.0 Å². The second-order valence-electron chi connectivity index (χ2n) is 5.49. The first-order chi connectivity index (χ1) is 9.78. The summed E-state index contributed by atoms with van der Waals surface area (Å²) in [6.07, 6.45) is 2.47. The van der Waals surface area contributed by atoms with E-state index in [-0.39, 0.29) is 18.5 Å². The van der Waals surface area contributed by atoms with Gasteiger partial charge in [-0.15, -0.1) is 4.28 Å². The van der Waals surface area contributed by atoms with E-state index in [2.05, 4.69) is 4.28 Å². The Morgan fingerprint density at radius 2 is 2.00 bits per heavy atom. The molecule has 118 valence electrons. The Morgan fingerprint density at radius 3 is 2.57 bits per heavy atom. The van der Waals surface area contributed by atoms with Gasteiger partial charge in [0.1, 0.15) is 6.04 Å². The van der Waals surface area contributed by atoms with Crippen molar-refractivity contribution in [2.45, 2.75) is 43.8 Å². The van der Waals surface area contributed by atoms with Gasteiger partial charge in [0.25, 0.3) is 5.91 Å². The molecule has 2 atom stereocenters. The Bertz CT molecular complexity index is 576. The Hall–Kier alpha value is -1.43. The van der Waals surface area contributed by atoms with Crippen LogP contribution in [0.1, 0.15) is 25.7 Å². The van der Waals surface area contributed by atoms with Crippen molar-refractivity contribution < 1.29 is 26.8 Å². The molecule has 3 rings (SSSR count). The average Bonchev–Trinajstić information content (AvgIpc) is 3.22. The van der Waals surface area contributed by atoms with Gasteiger partial charge in [0.2, 0.25) is 0 Å². The van der Waals surface area contributed by atoms with Crippen LogP contribution in [0.2, 0.25) is 0 Å². The van der Waals surface area contributed by atoms with E-state index >= 15 is 0 Å². The molecule has 3 aliphatic rings. The van der Waals surface area contributed by atoms with Crippen LogP contribution in [0.15, 0.2) is 0 Å². The van der Waals surface area contributed by atoms with E-state index in [0.717, 1.165) is 17.9 Å². The topological polar surface area (TPSA) is 133 Å². The van der Waals surface area contributed by atoms with Gasteiger partial charge >= 0.3 is 16.4 Å². The van der Waals surface area contributed by atoms with Gasteiger partial charge in [0.05, 0.1) is 6.04 Å². The van der Waals surface area contributed by atoms with Crippen LogP contribution >= 0.6 is 0 Å². The molecule has 10 nitrogen and oxygen atoms in total. The molecular weight excluding hydrogens is 304 g/mol. The van der Waals surface area contributed by atoms with Gasteiger partial charge in [-0.25, -0.2) is 10.6 Å². The maximum Gasteiger partial charge on any atom is 0.418 e. The summed E-state index contributed by atoms with van der Waals surface area (Å²) in [5.41, 5.74) is 0. The minimum absolute atomic E-state index is 0.0260. The molecule has 0 aromatic carbocycles. The lowest BCUT2D eigenvalue weighted by atomic mass is 10.00. The molecule has 3 N–H and O–H groups in total. The Morgan fingerprint density at radius 1 is 1.33 bits per heavy atom. The molecule has 0 aromatic rings. The highest BCUT2D eigenvalue weighted by atomic mass is 32.3. The molecular formula is C10H16N4O6S. The predicted octanol–water partition coefficient (Wildman–Crippen LogP) is -1.15. The minimum atomic E-state index is -4.78. The van der Waals surface area contributed by atoms with Crippen molar-refractivity contribution in [1.29, 1.82) is 0 Å². The number of nitrogens with two attached hydrogens (primary N) is 1. The maximum absolute atomic E-state index is 12.3. The van der Waals surface area contributed by atoms with E-state index < -0.39 is 28.5 Å². The molecule has 2 aliphatic heterocycles. The third kappa shape index (κ3) is 2.69. The predicted molar refractivity (Wildman–Crippen MR) is 67.4 cm³/mol. The van der Waals surface area contributed by atoms with Gasteiger partial charge in [-0.2, -0.15) is 13.5 Å². The maximum atomic E-state index is 12.3. The number of hydrazine groups is 1. The number of nitrogens with zero attached hydrogens (tertiary/aromatic N) is 3. The van der Waals surface area contributed by atoms with Crippen LogP contribution in [0.5, 0.6) is 0 Å². The molecule has 2 saturated heterocycles. The van der Waals surface area contributed by atoms with E-state index in [1.54, 1.807) is 0 Å². The second-order valence-corrected chi connectivity index (χ2v) is 6.49. The van der Waals surface area contributed by atoms with Crippen molar-refractivity contribution in [3.05, 3.63) is 0 Å². The number of piperidine rings is 1. The largest absolute Gasteiger partial charge is 0.418 e. The SMILES string of the molecule is NN(C(=O)[C@@H]1CC[C@@H]2CN1C(=O)N2OS(=O)(=O)O)C1CC1. The average molecular weight is 320 g/mol. The van der Waals surface area contributed by atoms with Gasteiger partial charge in [0.15, 0.2) is 0 Å². The first-order valence-corrected chi connectivity index (χ1v) is 7.99. The van der Waals surface area contributed by atoms with Crippen molar-refractivity contribution in [3.63, 3.8) is 0 Å². The molecule has 21 heavy (non-hydrogen) atoms. The lowest BCUT2D eigenvalue weighted by Crippen LogP contribution is -2.54. The molecule has 3 fully saturated rings. The molecule has 1 saturated carbocycles. The lowest BCUT2D eigenvalue weighted by Gasteiger charge is -2.32. The third-order valence-corrected chi connectivity index (χ3v) is 4.33. The second kappa shape index (κ2) is 4.80. The number of urea groups is 1. The summed E-state index contributed by atoms with van der Waals surface area (Å²) in [7, 11) is -4.78. The quantitative estimate of drug-likeness (QED) is 0.289. The highest BCUT2D eigenvalue weighted by molar-refractivity contribution is 7.80. The summed E-state index contributed by atoms with van der Waals surface area (Å²) in [6, 6.07) is -1.94. The number of hydrogen-bond donors (Lipinski definition) is 2. The standard InChI is InChI=1S/C10H16N4O6S/c11-13(6-1-2-6)9(15)8-4-3-7-5-12(8)10(16)14(7)20-21(17,18)19/h6-8H,1-5,11H2,(H,17,18,19)/t7-,8+/m1/s1. The Labute approximate surface area is 121 Å². The highest BCUT2D eigenvalue weighted by Crippen LogP contribution is 2.33. The van der Waals surface area contributed by atoms with Gasteiger partial charge in [0, 0.05) is 12.6 Å². The van der Waals surface area contributed by atoms with E-state index in [1.165, 1.54) is 4.90 Å². The fourth-order valence-electron chi connectivity index (χ4n) is 2.79. The number of carbonyl (C=O) groups is 2. The molecule has 2 bridgehead atoms. The number of hydroxylamine groups is 2. The molecule has 0 radical (unpaired) electrons. The number of carbonyl (C=O) groups excluding carboxylic acids is 2. The number of rotatable bonds is 4. The van der Waals surface area contributed by atoms with E-state index in [0.29, 0.717) is 17.9 Å². The van der Waals surface area contributed by atoms with Crippen molar-refractivity contribution >= 4 is 22.3 Å². The fraction of sp³-hybridized carbons (Fsp3) is 0.800. The van der Waals surface area contributed by atoms with Crippen LogP contribution in [-0.4, -0.2) is 64.6 Å². The van der Waals surface area contributed by atoms with Crippen molar-refractivity contribution in [3.8, 4) is 0 Å². The summed E-state index contributed by atoms with van der Waals surface area (Å²) < 4.78 is 34.5. The summed E-state index contributed by atoms with van der Waals surface area (Å²) in [5, 5.41) is 1.77. The zero-order valence-electron chi connectivity index (χ0n) is 11.1. The Kier molecular flexibility index (Phi) is 3.31. The smallest absolute Gasteiger partial charge is 0.309 e. The van der Waals surface area contributed by atoms with Gasteiger partial charge in [-0.3, -0.25) is 14.4 Å². The van der Waals surface area contributed by atoms with Crippen LogP contribution in [0, 0.1) is 0 Å². The van der Waals surface area contributed by atoms with Gasteiger partial charge in [-0.05, 0) is 25.7 Å². The normalized spacial score (nSPS) is 29.0. The monoisotopic (exact) mass is 320 g/mol.